The first-order valence-corrected chi connectivity index (χ1v) is 6.62. The lowest BCUT2D eigenvalue weighted by Crippen LogP contribution is -2.30. The van der Waals surface area contributed by atoms with Crippen molar-refractivity contribution in [3.8, 4) is 0 Å². The molecule has 4 heteroatoms. The van der Waals surface area contributed by atoms with Crippen molar-refractivity contribution in [1.82, 2.24) is 4.98 Å². The van der Waals surface area contributed by atoms with Gasteiger partial charge in [-0.1, -0.05) is 19.8 Å². The van der Waals surface area contributed by atoms with Gasteiger partial charge in [0.05, 0.1) is 5.52 Å². The van der Waals surface area contributed by atoms with E-state index in [0.29, 0.717) is 17.5 Å². The molecule has 1 aliphatic carbocycles. The van der Waals surface area contributed by atoms with Crippen molar-refractivity contribution in [2.24, 2.45) is 5.92 Å². The standard InChI is InChI=1S/C14H18N2O2/c1-9-4-2-3-5-11(9)15-10-6-7-13-12(8-10)16-14(17)18-13/h6-9,11,15H,2-5H2,1H3,(H,16,17)/t9-,11+/m0/s1. The van der Waals surface area contributed by atoms with E-state index >= 15 is 0 Å². The molecule has 2 atom stereocenters. The van der Waals surface area contributed by atoms with Gasteiger partial charge in [-0.3, -0.25) is 4.98 Å². The first-order valence-electron chi connectivity index (χ1n) is 6.62. The van der Waals surface area contributed by atoms with Gasteiger partial charge in [-0.15, -0.1) is 0 Å². The molecule has 3 rings (SSSR count). The number of benzene rings is 1. The Morgan fingerprint density at radius 3 is 3.00 bits per heavy atom. The molecule has 1 aromatic carbocycles. The molecule has 96 valence electrons. The molecule has 0 amide bonds. The number of hydrogen-bond acceptors (Lipinski definition) is 3. The fraction of sp³-hybridized carbons (Fsp3) is 0.500. The minimum atomic E-state index is -0.395. The summed E-state index contributed by atoms with van der Waals surface area (Å²) < 4.78 is 5.00. The highest BCUT2D eigenvalue weighted by molar-refractivity contribution is 5.76. The van der Waals surface area contributed by atoms with E-state index in [2.05, 4.69) is 17.2 Å². The predicted octanol–water partition coefficient (Wildman–Crippen LogP) is 3.11. The molecular weight excluding hydrogens is 228 g/mol. The SMILES string of the molecule is C[C@H]1CCCC[C@H]1Nc1ccc2oc(=O)[nH]c2c1. The van der Waals surface area contributed by atoms with Crippen LogP contribution in [0.4, 0.5) is 5.69 Å². The topological polar surface area (TPSA) is 58.0 Å². The summed E-state index contributed by atoms with van der Waals surface area (Å²) in [7, 11) is 0. The average Bonchev–Trinajstić information content (AvgIpc) is 2.71. The number of oxazole rings is 1. The first-order chi connectivity index (χ1) is 8.72. The van der Waals surface area contributed by atoms with Gasteiger partial charge in [0.1, 0.15) is 0 Å². The molecule has 0 spiro atoms. The summed E-state index contributed by atoms with van der Waals surface area (Å²) in [6.07, 6.45) is 5.16. The fourth-order valence-corrected chi connectivity index (χ4v) is 2.79. The minimum Gasteiger partial charge on any atom is -0.408 e. The molecule has 18 heavy (non-hydrogen) atoms. The Kier molecular flexibility index (Phi) is 2.86. The minimum absolute atomic E-state index is 0.395. The Hall–Kier alpha value is -1.71. The van der Waals surface area contributed by atoms with Crippen LogP contribution in [-0.2, 0) is 0 Å². The third kappa shape index (κ3) is 2.15. The predicted molar refractivity (Wildman–Crippen MR) is 71.9 cm³/mol. The third-order valence-electron chi connectivity index (χ3n) is 3.88. The Balaban J connectivity index is 1.83. The summed E-state index contributed by atoms with van der Waals surface area (Å²) in [6, 6.07) is 6.29. The molecule has 0 bridgehead atoms. The van der Waals surface area contributed by atoms with E-state index < -0.39 is 5.76 Å². The zero-order valence-corrected chi connectivity index (χ0v) is 10.5. The highest BCUT2D eigenvalue weighted by Crippen LogP contribution is 2.27. The fourth-order valence-electron chi connectivity index (χ4n) is 2.79. The highest BCUT2D eigenvalue weighted by atomic mass is 16.4. The summed E-state index contributed by atoms with van der Waals surface area (Å²) in [5.41, 5.74) is 2.43. The van der Waals surface area contributed by atoms with Crippen LogP contribution in [0.15, 0.2) is 27.4 Å². The Bertz CT molecular complexity index is 599. The van der Waals surface area contributed by atoms with Crippen molar-refractivity contribution in [2.75, 3.05) is 5.32 Å². The molecule has 0 radical (unpaired) electrons. The van der Waals surface area contributed by atoms with Crippen LogP contribution >= 0.6 is 0 Å². The van der Waals surface area contributed by atoms with Crippen LogP contribution in [0.25, 0.3) is 11.1 Å². The summed E-state index contributed by atoms with van der Waals surface area (Å²) in [5, 5.41) is 3.57. The van der Waals surface area contributed by atoms with Crippen molar-refractivity contribution < 1.29 is 4.42 Å². The molecule has 2 N–H and O–H groups in total. The quantitative estimate of drug-likeness (QED) is 0.856. The number of aromatic amines is 1. The summed E-state index contributed by atoms with van der Waals surface area (Å²) in [4.78, 5) is 13.8. The molecule has 1 fully saturated rings. The van der Waals surface area contributed by atoms with Crippen LogP contribution in [0.2, 0.25) is 0 Å². The van der Waals surface area contributed by atoms with Crippen LogP contribution < -0.4 is 11.1 Å². The molecule has 1 aromatic heterocycles. The van der Waals surface area contributed by atoms with Gasteiger partial charge in [-0.05, 0) is 37.0 Å². The van der Waals surface area contributed by atoms with Crippen LogP contribution in [-0.4, -0.2) is 11.0 Å². The average molecular weight is 246 g/mol. The Labute approximate surface area is 105 Å². The lowest BCUT2D eigenvalue weighted by atomic mass is 9.86. The van der Waals surface area contributed by atoms with Gasteiger partial charge in [0.2, 0.25) is 0 Å². The van der Waals surface area contributed by atoms with E-state index in [1.54, 1.807) is 0 Å². The van der Waals surface area contributed by atoms with E-state index in [9.17, 15) is 4.79 Å². The summed E-state index contributed by atoms with van der Waals surface area (Å²) in [5.74, 6) is 0.311. The first kappa shape index (κ1) is 11.4. The number of H-pyrrole nitrogens is 1. The number of rotatable bonds is 2. The van der Waals surface area contributed by atoms with Crippen molar-refractivity contribution in [3.63, 3.8) is 0 Å². The molecule has 0 saturated heterocycles. The maximum Gasteiger partial charge on any atom is 0.417 e. The maximum absolute atomic E-state index is 11.1. The van der Waals surface area contributed by atoms with Crippen molar-refractivity contribution in [3.05, 3.63) is 28.7 Å². The number of hydrogen-bond donors (Lipinski definition) is 2. The van der Waals surface area contributed by atoms with Crippen molar-refractivity contribution in [1.29, 1.82) is 0 Å². The van der Waals surface area contributed by atoms with Crippen LogP contribution in [0.5, 0.6) is 0 Å². The van der Waals surface area contributed by atoms with Crippen molar-refractivity contribution >= 4 is 16.8 Å². The highest BCUT2D eigenvalue weighted by Gasteiger charge is 2.20. The van der Waals surface area contributed by atoms with Crippen LogP contribution in [0.3, 0.4) is 0 Å². The van der Waals surface area contributed by atoms with Gasteiger partial charge in [0.15, 0.2) is 5.58 Å². The molecule has 2 aromatic rings. The van der Waals surface area contributed by atoms with E-state index in [1.165, 1.54) is 25.7 Å². The normalized spacial score (nSPS) is 24.3. The smallest absolute Gasteiger partial charge is 0.408 e. The number of aromatic nitrogens is 1. The van der Waals surface area contributed by atoms with Gasteiger partial charge >= 0.3 is 5.76 Å². The number of anilines is 1. The van der Waals surface area contributed by atoms with Crippen molar-refractivity contribution in [2.45, 2.75) is 38.6 Å². The molecule has 1 heterocycles. The Morgan fingerprint density at radius 2 is 2.17 bits per heavy atom. The van der Waals surface area contributed by atoms with E-state index in [1.807, 2.05) is 18.2 Å². The summed E-state index contributed by atoms with van der Waals surface area (Å²) in [6.45, 7) is 2.30. The molecule has 1 aliphatic rings. The molecule has 1 saturated carbocycles. The molecule has 4 nitrogen and oxygen atoms in total. The van der Waals surface area contributed by atoms with Gasteiger partial charge in [0.25, 0.3) is 0 Å². The van der Waals surface area contributed by atoms with E-state index in [-0.39, 0.29) is 0 Å². The van der Waals surface area contributed by atoms with Gasteiger partial charge in [-0.25, -0.2) is 4.79 Å². The van der Waals surface area contributed by atoms with Crippen LogP contribution in [0.1, 0.15) is 32.6 Å². The molecule has 0 aliphatic heterocycles. The second kappa shape index (κ2) is 4.52. The monoisotopic (exact) mass is 246 g/mol. The second-order valence-corrected chi connectivity index (χ2v) is 5.24. The lowest BCUT2D eigenvalue weighted by molar-refractivity contribution is 0.349. The summed E-state index contributed by atoms with van der Waals surface area (Å²) >= 11 is 0. The number of nitrogens with one attached hydrogen (secondary N) is 2. The van der Waals surface area contributed by atoms with E-state index in [4.69, 9.17) is 4.42 Å². The largest absolute Gasteiger partial charge is 0.417 e. The molecule has 0 unspecified atom stereocenters. The maximum atomic E-state index is 11.1. The van der Waals surface area contributed by atoms with Gasteiger partial charge < -0.3 is 9.73 Å². The van der Waals surface area contributed by atoms with E-state index in [0.717, 1.165) is 11.2 Å². The third-order valence-corrected chi connectivity index (χ3v) is 3.88. The second-order valence-electron chi connectivity index (χ2n) is 5.24. The number of fused-ring (bicyclic) bond motifs is 1. The zero-order valence-electron chi connectivity index (χ0n) is 10.5. The lowest BCUT2D eigenvalue weighted by Gasteiger charge is -2.30. The van der Waals surface area contributed by atoms with Gasteiger partial charge in [-0.2, -0.15) is 0 Å². The van der Waals surface area contributed by atoms with Crippen LogP contribution in [0, 0.1) is 5.92 Å². The molecular formula is C14H18N2O2. The zero-order chi connectivity index (χ0) is 12.5. The Morgan fingerprint density at radius 1 is 1.33 bits per heavy atom. The van der Waals surface area contributed by atoms with Gasteiger partial charge in [0, 0.05) is 11.7 Å².